The van der Waals surface area contributed by atoms with Crippen LogP contribution in [-0.4, -0.2) is 125 Å². The highest BCUT2D eigenvalue weighted by molar-refractivity contribution is 5.85. The molecule has 2 saturated heterocycles. The van der Waals surface area contributed by atoms with Gasteiger partial charge in [0.05, 0.1) is 34.9 Å². The summed E-state index contributed by atoms with van der Waals surface area (Å²) < 4.78 is 68.0. The fourth-order valence-electron chi connectivity index (χ4n) is 10.4. The lowest BCUT2D eigenvalue weighted by molar-refractivity contribution is -0.132. The van der Waals surface area contributed by atoms with Crippen LogP contribution in [0.25, 0.3) is 44.1 Å². The first-order valence-corrected chi connectivity index (χ1v) is 25.4. The third-order valence-corrected chi connectivity index (χ3v) is 14.4. The van der Waals surface area contributed by atoms with Gasteiger partial charge in [-0.05, 0) is 75.2 Å². The van der Waals surface area contributed by atoms with Crippen LogP contribution in [0, 0.1) is 13.8 Å². The van der Waals surface area contributed by atoms with E-state index >= 15 is 0 Å². The van der Waals surface area contributed by atoms with Crippen LogP contribution in [0.4, 0.5) is 29.5 Å². The molecule has 408 valence electrons. The minimum absolute atomic E-state index is 0.0633. The first kappa shape index (κ1) is 54.2. The zero-order valence-corrected chi connectivity index (χ0v) is 44.5. The molecule has 22 heteroatoms. The Balaban J connectivity index is 0.000000190. The molecule has 2 aliphatic rings. The van der Waals surface area contributed by atoms with Crippen LogP contribution in [-0.2, 0) is 36.8 Å². The summed E-state index contributed by atoms with van der Waals surface area (Å²) >= 11 is 0. The van der Waals surface area contributed by atoms with Crippen LogP contribution in [0.1, 0.15) is 49.9 Å². The molecule has 0 spiro atoms. The van der Waals surface area contributed by atoms with E-state index in [0.29, 0.717) is 84.1 Å². The lowest BCUT2D eigenvalue weighted by atomic mass is 10.1. The molecule has 4 aromatic heterocycles. The van der Waals surface area contributed by atoms with Gasteiger partial charge >= 0.3 is 13.2 Å². The van der Waals surface area contributed by atoms with Crippen molar-refractivity contribution in [1.29, 1.82) is 0 Å². The number of ether oxygens (including phenoxy) is 2. The van der Waals surface area contributed by atoms with Gasteiger partial charge in [0.15, 0.2) is 0 Å². The van der Waals surface area contributed by atoms with Gasteiger partial charge in [0, 0.05) is 126 Å². The second-order valence-corrected chi connectivity index (χ2v) is 19.8. The number of carbonyl (C=O) groups is 2. The van der Waals surface area contributed by atoms with E-state index in [0.717, 1.165) is 33.4 Å². The van der Waals surface area contributed by atoms with Crippen molar-refractivity contribution in [3.05, 3.63) is 141 Å². The van der Waals surface area contributed by atoms with Crippen molar-refractivity contribution < 1.29 is 36.6 Å². The number of nitrogens with zero attached hydrogens (tertiary/aromatic N) is 12. The monoisotopic (exact) mass is 1070 g/mol. The predicted octanol–water partition coefficient (Wildman–Crippen LogP) is 7.62. The average Bonchev–Trinajstić information content (AvgIpc) is 3.84. The number of anilines is 2. The summed E-state index contributed by atoms with van der Waals surface area (Å²) in [6, 6.07) is 21.1. The maximum atomic E-state index is 13.0. The molecule has 4 aromatic carbocycles. The molecule has 0 saturated carbocycles. The Morgan fingerprint density at radius 3 is 1.26 bits per heavy atom. The summed E-state index contributed by atoms with van der Waals surface area (Å²) in [6.07, 6.45) is 6.97. The minimum Gasteiger partial charge on any atom is -0.434 e. The molecular weight excluding hydrogens is 1010 g/mol. The number of benzene rings is 4. The van der Waals surface area contributed by atoms with Crippen molar-refractivity contribution >= 4 is 45.5 Å². The predicted molar refractivity (Wildman–Crippen MR) is 288 cm³/mol. The first-order valence-electron chi connectivity index (χ1n) is 25.4. The van der Waals surface area contributed by atoms with Gasteiger partial charge in [-0.2, -0.15) is 17.6 Å². The number of amides is 2. The molecule has 0 N–H and O–H groups in total. The number of alkyl halides is 4. The number of fused-ring (bicyclic) bond motifs is 2. The molecule has 10 rings (SSSR count). The fraction of sp³-hybridized carbons (Fsp3) is 0.357. The SMILES string of the molecule is CC(=O)N1CCN(c2ncc(-c3ccc4c(=O)n(C)n(Cc5cc(C)ccc5OC(F)F)c4c3)cn2)CC1C.CC(=O)N1CCN(c2ncc(-c3ccc4c(=O)n(C)n(Cc5cc(C)ccc5OC(F)F)c4c3)cn2)C[C@@H]1C. The molecule has 2 aliphatic heterocycles. The van der Waals surface area contributed by atoms with Crippen molar-refractivity contribution in [3.63, 3.8) is 0 Å². The molecule has 8 aromatic rings. The highest BCUT2D eigenvalue weighted by Gasteiger charge is 2.28. The molecular formula is C56H60F4N12O6. The number of halogens is 4. The molecule has 2 amide bonds. The maximum Gasteiger partial charge on any atom is 0.387 e. The maximum absolute atomic E-state index is 13.0. The number of rotatable bonds is 12. The van der Waals surface area contributed by atoms with E-state index in [2.05, 4.69) is 29.7 Å². The third kappa shape index (κ3) is 11.4. The fourth-order valence-corrected chi connectivity index (χ4v) is 10.4. The Kier molecular flexibility index (Phi) is 15.7. The van der Waals surface area contributed by atoms with Crippen molar-refractivity contribution in [1.82, 2.24) is 48.5 Å². The number of hydrogen-bond acceptors (Lipinski definition) is 12. The van der Waals surface area contributed by atoms with E-state index in [4.69, 9.17) is 9.47 Å². The van der Waals surface area contributed by atoms with Crippen LogP contribution in [0.3, 0.4) is 0 Å². The van der Waals surface area contributed by atoms with Gasteiger partial charge < -0.3 is 29.1 Å². The van der Waals surface area contributed by atoms with Gasteiger partial charge in [-0.1, -0.05) is 47.5 Å². The standard InChI is InChI=1S/2C28H30F2N6O3/c2*1-17-5-8-25(39-27(29)30)21(11-17)16-36-24-12-20(6-7-23(24)26(38)33(36)4)22-13-31-28(32-14-22)34-9-10-35(19(3)37)18(2)15-34/h2*5-8,11-14,18,27H,9-10,15-16H2,1-4H3/t18-;/m0./s1. The Labute approximate surface area is 446 Å². The quantitative estimate of drug-likeness (QED) is 0.110. The highest BCUT2D eigenvalue weighted by Crippen LogP contribution is 2.30. The zero-order valence-electron chi connectivity index (χ0n) is 44.5. The summed E-state index contributed by atoms with van der Waals surface area (Å²) in [4.78, 5) is 75.6. The number of aryl methyl sites for hydroxylation is 2. The smallest absolute Gasteiger partial charge is 0.387 e. The number of hydrogen-bond donors (Lipinski definition) is 0. The number of carbonyl (C=O) groups excluding carboxylic acids is 2. The van der Waals surface area contributed by atoms with Crippen molar-refractivity contribution in [2.24, 2.45) is 14.1 Å². The van der Waals surface area contributed by atoms with Crippen molar-refractivity contribution in [2.75, 3.05) is 49.1 Å². The average molecular weight is 1070 g/mol. The van der Waals surface area contributed by atoms with Crippen LogP contribution < -0.4 is 30.4 Å². The van der Waals surface area contributed by atoms with Gasteiger partial charge in [-0.25, -0.2) is 19.9 Å². The van der Waals surface area contributed by atoms with Gasteiger partial charge in [-0.15, -0.1) is 0 Å². The van der Waals surface area contributed by atoms with Crippen LogP contribution in [0.2, 0.25) is 0 Å². The molecule has 1 unspecified atom stereocenters. The Morgan fingerprint density at radius 1 is 0.551 bits per heavy atom. The molecule has 78 heavy (non-hydrogen) atoms. The molecule has 6 heterocycles. The lowest BCUT2D eigenvalue weighted by Crippen LogP contribution is -2.53. The number of piperazine rings is 2. The summed E-state index contributed by atoms with van der Waals surface area (Å²) in [5.74, 6) is 1.46. The van der Waals surface area contributed by atoms with Crippen molar-refractivity contribution in [2.45, 2.75) is 79.9 Å². The minimum atomic E-state index is -2.95. The normalized spacial score (nSPS) is 15.8. The van der Waals surface area contributed by atoms with Crippen LogP contribution >= 0.6 is 0 Å². The first-order chi connectivity index (χ1) is 37.2. The summed E-state index contributed by atoms with van der Waals surface area (Å²) in [5, 5.41) is 1.03. The van der Waals surface area contributed by atoms with E-state index in [-0.39, 0.29) is 59.6 Å². The molecule has 0 radical (unpaired) electrons. The molecule has 2 atom stereocenters. The summed E-state index contributed by atoms with van der Waals surface area (Å²) in [6.45, 7) is 9.20. The second kappa shape index (κ2) is 22.6. The Bertz CT molecular complexity index is 3400. The van der Waals surface area contributed by atoms with Gasteiger partial charge in [-0.3, -0.25) is 37.9 Å². The highest BCUT2D eigenvalue weighted by atomic mass is 19.3. The summed E-state index contributed by atoms with van der Waals surface area (Å²) in [7, 11) is 3.30. The summed E-state index contributed by atoms with van der Waals surface area (Å²) in [5.41, 5.74) is 6.98. The molecule has 2 fully saturated rings. The van der Waals surface area contributed by atoms with E-state index in [1.807, 2.05) is 61.8 Å². The molecule has 0 aliphatic carbocycles. The molecule has 0 bridgehead atoms. The lowest BCUT2D eigenvalue weighted by Gasteiger charge is -2.39. The zero-order chi connectivity index (χ0) is 55.7. The Morgan fingerprint density at radius 2 is 0.923 bits per heavy atom. The van der Waals surface area contributed by atoms with E-state index in [1.165, 1.54) is 21.5 Å². The van der Waals surface area contributed by atoms with Gasteiger partial charge in [0.2, 0.25) is 23.7 Å². The van der Waals surface area contributed by atoms with Crippen molar-refractivity contribution in [3.8, 4) is 33.8 Å². The second-order valence-electron chi connectivity index (χ2n) is 19.8. The van der Waals surface area contributed by atoms with E-state index in [9.17, 15) is 36.7 Å². The van der Waals surface area contributed by atoms with Crippen LogP contribution in [0.15, 0.2) is 107 Å². The van der Waals surface area contributed by atoms with Gasteiger partial charge in [0.1, 0.15) is 11.5 Å². The Hall–Kier alpha value is -8.56. The number of aromatic nitrogens is 8. The van der Waals surface area contributed by atoms with Gasteiger partial charge in [0.25, 0.3) is 11.1 Å². The van der Waals surface area contributed by atoms with E-state index < -0.39 is 13.2 Å². The topological polar surface area (TPSA) is 171 Å². The third-order valence-electron chi connectivity index (χ3n) is 14.4. The van der Waals surface area contributed by atoms with E-state index in [1.54, 1.807) is 98.5 Å². The van der Waals surface area contributed by atoms with Crippen LogP contribution in [0.5, 0.6) is 11.5 Å². The molecule has 18 nitrogen and oxygen atoms in total. The largest absolute Gasteiger partial charge is 0.434 e.